The standard InChI is InChI=1S/C29H30N6O5S2/c1-15-6-8-22(40-15)24-17(13-30)26(31)35(19-11-29(2,3)12-20(36)25(19)24)27-33-34-28(42-27)41-14-23(37)32-18-10-16(38-4)7-9-21(18)39-5/h6-10,24H,11-12,14,31H2,1-5H3,(H,32,37). The van der Waals surface area contributed by atoms with Crippen LogP contribution in [0.25, 0.3) is 0 Å². The Hall–Kier alpha value is -4.28. The maximum atomic E-state index is 13.6. The van der Waals surface area contributed by atoms with Crippen molar-refractivity contribution in [1.29, 1.82) is 5.26 Å². The van der Waals surface area contributed by atoms with Crippen molar-refractivity contribution in [2.75, 3.05) is 30.2 Å². The van der Waals surface area contributed by atoms with Gasteiger partial charge in [-0.1, -0.05) is 36.9 Å². The van der Waals surface area contributed by atoms with E-state index in [0.717, 1.165) is 0 Å². The van der Waals surface area contributed by atoms with Crippen LogP contribution in [0.2, 0.25) is 0 Å². The first kappa shape index (κ1) is 29.2. The fraction of sp³-hybridized carbons (Fsp3) is 0.345. The largest absolute Gasteiger partial charge is 0.497 e. The molecular formula is C29H30N6O5S2. The third-order valence-corrected chi connectivity index (χ3v) is 9.06. The molecule has 0 fully saturated rings. The second-order valence-electron chi connectivity index (χ2n) is 10.7. The molecule has 1 aliphatic carbocycles. The molecule has 1 unspecified atom stereocenters. The molecule has 2 aromatic heterocycles. The van der Waals surface area contributed by atoms with Crippen molar-refractivity contribution in [1.82, 2.24) is 10.2 Å². The van der Waals surface area contributed by atoms with E-state index in [4.69, 9.17) is 19.6 Å². The number of ketones is 1. The Labute approximate surface area is 251 Å². The number of anilines is 2. The third-order valence-electron chi connectivity index (χ3n) is 7.02. The number of ether oxygens (including phenoxy) is 2. The molecule has 0 radical (unpaired) electrons. The minimum atomic E-state index is -0.697. The molecule has 42 heavy (non-hydrogen) atoms. The van der Waals surface area contributed by atoms with Crippen molar-refractivity contribution in [3.8, 4) is 17.6 Å². The van der Waals surface area contributed by atoms with Crippen molar-refractivity contribution < 1.29 is 23.5 Å². The molecular weight excluding hydrogens is 576 g/mol. The van der Waals surface area contributed by atoms with E-state index in [2.05, 4.69) is 21.6 Å². The number of nitriles is 1. The molecule has 3 aromatic rings. The van der Waals surface area contributed by atoms with E-state index in [1.54, 1.807) is 42.3 Å². The Morgan fingerprint density at radius 3 is 2.71 bits per heavy atom. The summed E-state index contributed by atoms with van der Waals surface area (Å²) in [4.78, 5) is 28.0. The lowest BCUT2D eigenvalue weighted by molar-refractivity contribution is -0.118. The van der Waals surface area contributed by atoms with E-state index in [9.17, 15) is 14.9 Å². The second-order valence-corrected chi connectivity index (χ2v) is 12.9. The van der Waals surface area contributed by atoms with E-state index in [0.29, 0.717) is 62.3 Å². The number of aromatic nitrogens is 2. The Bertz CT molecular complexity index is 1660. The van der Waals surface area contributed by atoms with Crippen molar-refractivity contribution in [3.05, 3.63) is 64.5 Å². The molecule has 3 N–H and O–H groups in total. The molecule has 0 bridgehead atoms. The van der Waals surface area contributed by atoms with E-state index in [1.807, 2.05) is 20.8 Å². The summed E-state index contributed by atoms with van der Waals surface area (Å²) >= 11 is 2.43. The fourth-order valence-corrected chi connectivity index (χ4v) is 6.88. The van der Waals surface area contributed by atoms with Crippen LogP contribution < -0.4 is 25.4 Å². The van der Waals surface area contributed by atoms with Gasteiger partial charge in [0, 0.05) is 23.8 Å². The number of methoxy groups -OCH3 is 2. The van der Waals surface area contributed by atoms with E-state index >= 15 is 0 Å². The highest BCUT2D eigenvalue weighted by atomic mass is 32.2. The minimum Gasteiger partial charge on any atom is -0.497 e. The van der Waals surface area contributed by atoms with Crippen molar-refractivity contribution >= 4 is 45.6 Å². The number of hydrogen-bond donors (Lipinski definition) is 2. The fourth-order valence-electron chi connectivity index (χ4n) is 5.20. The lowest BCUT2D eigenvalue weighted by Gasteiger charge is -2.42. The number of rotatable bonds is 8. The average molecular weight is 607 g/mol. The van der Waals surface area contributed by atoms with Gasteiger partial charge in [-0.05, 0) is 43.0 Å². The van der Waals surface area contributed by atoms with Crippen LogP contribution in [0, 0.1) is 23.7 Å². The normalized spacial score (nSPS) is 18.0. The summed E-state index contributed by atoms with van der Waals surface area (Å²) < 4.78 is 17.0. The number of Topliss-reactive ketones (excluding diaryl/α,β-unsaturated/α-hetero) is 1. The topological polar surface area (TPSA) is 157 Å². The zero-order valence-corrected chi connectivity index (χ0v) is 25.4. The smallest absolute Gasteiger partial charge is 0.234 e. The van der Waals surface area contributed by atoms with Gasteiger partial charge in [-0.2, -0.15) is 5.26 Å². The number of allylic oxidation sites excluding steroid dienone is 3. The molecule has 11 nitrogen and oxygen atoms in total. The minimum absolute atomic E-state index is 0.0587. The van der Waals surface area contributed by atoms with Gasteiger partial charge in [0.25, 0.3) is 0 Å². The molecule has 1 amide bonds. The number of carbonyl (C=O) groups excluding carboxylic acids is 2. The van der Waals surface area contributed by atoms with Crippen LogP contribution in [-0.4, -0.2) is 41.9 Å². The Balaban J connectivity index is 1.42. The molecule has 1 atom stereocenters. The summed E-state index contributed by atoms with van der Waals surface area (Å²) in [5.41, 5.74) is 8.20. The van der Waals surface area contributed by atoms with Gasteiger partial charge < -0.3 is 24.9 Å². The van der Waals surface area contributed by atoms with E-state index in [-0.39, 0.29) is 34.3 Å². The molecule has 1 aromatic carbocycles. The number of amides is 1. The first-order chi connectivity index (χ1) is 20.0. The first-order valence-electron chi connectivity index (χ1n) is 13.1. The van der Waals surface area contributed by atoms with Gasteiger partial charge in [0.1, 0.15) is 28.8 Å². The van der Waals surface area contributed by atoms with Crippen LogP contribution in [0.4, 0.5) is 10.8 Å². The quantitative estimate of drug-likeness (QED) is 0.328. The van der Waals surface area contributed by atoms with E-state index < -0.39 is 5.92 Å². The summed E-state index contributed by atoms with van der Waals surface area (Å²) in [6, 6.07) is 10.9. The van der Waals surface area contributed by atoms with Gasteiger partial charge >= 0.3 is 0 Å². The summed E-state index contributed by atoms with van der Waals surface area (Å²) in [6.45, 7) is 5.86. The lowest BCUT2D eigenvalue weighted by atomic mass is 9.69. The zero-order valence-electron chi connectivity index (χ0n) is 23.8. The van der Waals surface area contributed by atoms with Crippen molar-refractivity contribution in [2.45, 2.75) is 43.9 Å². The van der Waals surface area contributed by atoms with Crippen molar-refractivity contribution in [3.63, 3.8) is 0 Å². The van der Waals surface area contributed by atoms with Gasteiger partial charge in [0.2, 0.25) is 11.0 Å². The van der Waals surface area contributed by atoms with E-state index in [1.165, 1.54) is 30.2 Å². The molecule has 13 heteroatoms. The molecule has 5 rings (SSSR count). The number of nitrogens with zero attached hydrogens (tertiary/aromatic N) is 4. The molecule has 0 saturated heterocycles. The first-order valence-corrected chi connectivity index (χ1v) is 14.9. The highest BCUT2D eigenvalue weighted by Crippen LogP contribution is 2.51. The van der Waals surface area contributed by atoms with Crippen LogP contribution in [0.5, 0.6) is 11.5 Å². The average Bonchev–Trinajstić information content (AvgIpc) is 3.59. The number of thioether (sulfide) groups is 1. The number of nitrogens with two attached hydrogens (primary N) is 1. The van der Waals surface area contributed by atoms with Gasteiger partial charge in [-0.25, -0.2) is 0 Å². The summed E-state index contributed by atoms with van der Waals surface area (Å²) in [7, 11) is 3.06. The Morgan fingerprint density at radius 1 is 1.26 bits per heavy atom. The summed E-state index contributed by atoms with van der Waals surface area (Å²) in [5.74, 6) is 1.47. The number of nitrogens with one attached hydrogen (secondary N) is 1. The van der Waals surface area contributed by atoms with Crippen LogP contribution >= 0.6 is 23.1 Å². The number of aryl methyl sites for hydroxylation is 1. The van der Waals surface area contributed by atoms with Gasteiger partial charge in [0.05, 0.1) is 43.2 Å². The monoisotopic (exact) mass is 606 g/mol. The highest BCUT2D eigenvalue weighted by molar-refractivity contribution is 8.01. The Kier molecular flexibility index (Phi) is 8.03. The number of carbonyl (C=O) groups is 2. The predicted octanol–water partition coefficient (Wildman–Crippen LogP) is 5.13. The number of benzene rings is 1. The maximum absolute atomic E-state index is 13.6. The molecule has 0 spiro atoms. The summed E-state index contributed by atoms with van der Waals surface area (Å²) in [5, 5.41) is 22.1. The van der Waals surface area contributed by atoms with Crippen LogP contribution in [0.3, 0.4) is 0 Å². The zero-order chi connectivity index (χ0) is 30.2. The number of hydrogen-bond acceptors (Lipinski definition) is 12. The molecule has 1 aliphatic heterocycles. The van der Waals surface area contributed by atoms with Crippen LogP contribution in [0.15, 0.2) is 61.8 Å². The van der Waals surface area contributed by atoms with Gasteiger partial charge in [-0.15, -0.1) is 10.2 Å². The lowest BCUT2D eigenvalue weighted by Crippen LogP contribution is -2.42. The summed E-state index contributed by atoms with van der Waals surface area (Å²) in [6.07, 6.45) is 0.870. The van der Waals surface area contributed by atoms with Crippen molar-refractivity contribution in [2.24, 2.45) is 11.1 Å². The van der Waals surface area contributed by atoms with Crippen LogP contribution in [-0.2, 0) is 9.59 Å². The van der Waals surface area contributed by atoms with Gasteiger partial charge in [0.15, 0.2) is 10.1 Å². The third kappa shape index (κ3) is 5.60. The SMILES string of the molecule is COc1ccc(OC)c(NC(=O)CSc2nnc(N3C(N)=C(C#N)C(c4ccc(C)o4)C4=C3CC(C)(C)CC4=O)s2)c1. The molecule has 3 heterocycles. The van der Waals surface area contributed by atoms with Gasteiger partial charge in [-0.3, -0.25) is 14.5 Å². The molecule has 0 saturated carbocycles. The predicted molar refractivity (Wildman–Crippen MR) is 159 cm³/mol. The maximum Gasteiger partial charge on any atom is 0.234 e. The second kappa shape index (κ2) is 11.5. The molecule has 2 aliphatic rings. The number of furan rings is 1. The van der Waals surface area contributed by atoms with Crippen LogP contribution in [0.1, 0.15) is 44.1 Å². The Morgan fingerprint density at radius 2 is 2.05 bits per heavy atom. The highest BCUT2D eigenvalue weighted by Gasteiger charge is 2.46. The molecule has 218 valence electrons.